The quantitative estimate of drug-likeness (QED) is 0.488. The Balaban J connectivity index is 0. The summed E-state index contributed by atoms with van der Waals surface area (Å²) in [5, 5.41) is 12.8. The van der Waals surface area contributed by atoms with E-state index in [0.717, 1.165) is 6.92 Å². The van der Waals surface area contributed by atoms with Crippen LogP contribution in [0.15, 0.2) is 0 Å². The van der Waals surface area contributed by atoms with Gasteiger partial charge >= 0.3 is 0 Å². The van der Waals surface area contributed by atoms with Crippen molar-refractivity contribution in [2.24, 2.45) is 17.8 Å². The standard InChI is InChI=1S/C15H31N2O4P.C2H4O2/c1-10(2)7-12(9-22(20)21-6)14(18)17-13(8-11(3)4)15(19)16-5;1-2(3)4/h10-13,22H,7-9H2,1-6H3,(H,16,19)(H,17,18);1H3,(H,3,4)/t12?,13-;/m0./s1. The maximum atomic E-state index is 12.5. The molecule has 0 aromatic rings. The number of aliphatic carboxylic acids is 1. The summed E-state index contributed by atoms with van der Waals surface area (Å²) in [7, 11) is 0.727. The van der Waals surface area contributed by atoms with E-state index in [4.69, 9.17) is 14.4 Å². The lowest BCUT2D eigenvalue weighted by atomic mass is 9.96. The van der Waals surface area contributed by atoms with Crippen LogP contribution in [0.2, 0.25) is 0 Å². The summed E-state index contributed by atoms with van der Waals surface area (Å²) < 4.78 is 16.5. The second-order valence-corrected chi connectivity index (χ2v) is 8.49. The molecule has 3 atom stereocenters. The van der Waals surface area contributed by atoms with Gasteiger partial charge in [-0.15, -0.1) is 0 Å². The number of carbonyl (C=O) groups is 3. The predicted octanol–water partition coefficient (Wildman–Crippen LogP) is 2.14. The maximum Gasteiger partial charge on any atom is 0.300 e. The molecule has 3 N–H and O–H groups in total. The molecule has 2 unspecified atom stereocenters. The molecule has 26 heavy (non-hydrogen) atoms. The molecular weight excluding hydrogens is 359 g/mol. The van der Waals surface area contributed by atoms with Gasteiger partial charge in [-0.2, -0.15) is 0 Å². The van der Waals surface area contributed by atoms with Crippen LogP contribution in [0.5, 0.6) is 0 Å². The molecule has 9 heteroatoms. The SMILES string of the molecule is CC(=O)O.CNC(=O)[C@H](CC(C)C)NC(=O)C(CC(C)C)C[PH](=O)OC. The Morgan fingerprint density at radius 2 is 1.50 bits per heavy atom. The van der Waals surface area contributed by atoms with Crippen LogP contribution in [-0.4, -0.2) is 49.3 Å². The van der Waals surface area contributed by atoms with Gasteiger partial charge in [-0.05, 0) is 24.7 Å². The van der Waals surface area contributed by atoms with Crippen LogP contribution in [0.25, 0.3) is 0 Å². The fourth-order valence-electron chi connectivity index (χ4n) is 2.30. The number of amides is 2. The summed E-state index contributed by atoms with van der Waals surface area (Å²) in [6.07, 6.45) is 1.40. The number of hydrogen-bond donors (Lipinski definition) is 3. The highest BCUT2D eigenvalue weighted by Gasteiger charge is 2.27. The Morgan fingerprint density at radius 1 is 1.04 bits per heavy atom. The van der Waals surface area contributed by atoms with Crippen LogP contribution in [0.4, 0.5) is 0 Å². The molecule has 0 aliphatic carbocycles. The molecular formula is C17H35N2O6P. The summed E-state index contributed by atoms with van der Waals surface area (Å²) in [6.45, 7) is 9.10. The minimum Gasteiger partial charge on any atom is -0.481 e. The van der Waals surface area contributed by atoms with E-state index in [-0.39, 0.29) is 23.9 Å². The molecule has 0 saturated carbocycles. The molecule has 0 aromatic heterocycles. The van der Waals surface area contributed by atoms with Crippen LogP contribution in [0.3, 0.4) is 0 Å². The number of likely N-dealkylation sites (N-methyl/N-ethyl adjacent to an activating group) is 1. The van der Waals surface area contributed by atoms with Crippen molar-refractivity contribution in [2.75, 3.05) is 20.3 Å². The van der Waals surface area contributed by atoms with Gasteiger partial charge in [0.05, 0.1) is 0 Å². The first-order valence-corrected chi connectivity index (χ1v) is 10.2. The average Bonchev–Trinajstić information content (AvgIpc) is 2.51. The van der Waals surface area contributed by atoms with Crippen molar-refractivity contribution in [1.82, 2.24) is 10.6 Å². The zero-order chi connectivity index (χ0) is 20.9. The van der Waals surface area contributed by atoms with E-state index in [2.05, 4.69) is 10.6 Å². The highest BCUT2D eigenvalue weighted by molar-refractivity contribution is 7.39. The normalized spacial score (nSPS) is 14.0. The number of carbonyl (C=O) groups excluding carboxylic acids is 2. The third-order valence-corrected chi connectivity index (χ3v) is 4.64. The Labute approximate surface area is 157 Å². The van der Waals surface area contributed by atoms with Gasteiger partial charge in [0, 0.05) is 33.2 Å². The molecule has 8 nitrogen and oxygen atoms in total. The maximum absolute atomic E-state index is 12.5. The molecule has 0 radical (unpaired) electrons. The second kappa shape index (κ2) is 14.7. The largest absolute Gasteiger partial charge is 0.481 e. The molecule has 2 amide bonds. The van der Waals surface area contributed by atoms with Gasteiger partial charge in [0.2, 0.25) is 11.8 Å². The summed E-state index contributed by atoms with van der Waals surface area (Å²) in [4.78, 5) is 33.4. The van der Waals surface area contributed by atoms with Gasteiger partial charge in [0.25, 0.3) is 5.97 Å². The Kier molecular flexibility index (Phi) is 15.2. The molecule has 0 spiro atoms. The number of rotatable bonds is 10. The van der Waals surface area contributed by atoms with Gasteiger partial charge in [0.15, 0.2) is 8.03 Å². The van der Waals surface area contributed by atoms with E-state index in [1.165, 1.54) is 7.11 Å². The Hall–Kier alpha value is -1.40. The van der Waals surface area contributed by atoms with Crippen LogP contribution in [-0.2, 0) is 23.5 Å². The molecule has 0 rings (SSSR count). The first-order valence-electron chi connectivity index (χ1n) is 8.72. The minimum absolute atomic E-state index is 0.204. The third-order valence-electron chi connectivity index (χ3n) is 3.35. The molecule has 0 saturated heterocycles. The second-order valence-electron chi connectivity index (χ2n) is 6.93. The zero-order valence-electron chi connectivity index (χ0n) is 16.9. The zero-order valence-corrected chi connectivity index (χ0v) is 17.9. The van der Waals surface area contributed by atoms with Gasteiger partial charge in [0.1, 0.15) is 6.04 Å². The van der Waals surface area contributed by atoms with E-state index < -0.39 is 26.0 Å². The first-order chi connectivity index (χ1) is 11.9. The van der Waals surface area contributed by atoms with E-state index in [9.17, 15) is 14.2 Å². The lowest BCUT2D eigenvalue weighted by molar-refractivity contribution is -0.134. The van der Waals surface area contributed by atoms with E-state index >= 15 is 0 Å². The van der Waals surface area contributed by atoms with Gasteiger partial charge in [-0.3, -0.25) is 18.9 Å². The molecule has 154 valence electrons. The minimum atomic E-state index is -2.21. The summed E-state index contributed by atoms with van der Waals surface area (Å²) in [5.41, 5.74) is 0. The highest BCUT2D eigenvalue weighted by atomic mass is 31.1. The highest BCUT2D eigenvalue weighted by Crippen LogP contribution is 2.28. The van der Waals surface area contributed by atoms with Crippen molar-refractivity contribution in [3.8, 4) is 0 Å². The number of hydrogen-bond acceptors (Lipinski definition) is 5. The predicted molar refractivity (Wildman–Crippen MR) is 103 cm³/mol. The molecule has 0 aliphatic rings. The van der Waals surface area contributed by atoms with Crippen molar-refractivity contribution in [3.63, 3.8) is 0 Å². The van der Waals surface area contributed by atoms with E-state index in [1.54, 1.807) is 7.05 Å². The third kappa shape index (κ3) is 14.9. The molecule has 0 aromatic carbocycles. The van der Waals surface area contributed by atoms with Gasteiger partial charge < -0.3 is 20.3 Å². The van der Waals surface area contributed by atoms with Crippen LogP contribution in [0, 0.1) is 17.8 Å². The van der Waals surface area contributed by atoms with Crippen LogP contribution >= 0.6 is 8.03 Å². The monoisotopic (exact) mass is 394 g/mol. The van der Waals surface area contributed by atoms with Crippen LogP contribution in [0.1, 0.15) is 47.5 Å². The van der Waals surface area contributed by atoms with Crippen molar-refractivity contribution in [1.29, 1.82) is 0 Å². The number of carboxylic acids is 1. The van der Waals surface area contributed by atoms with Gasteiger partial charge in [-0.25, -0.2) is 0 Å². The van der Waals surface area contributed by atoms with Gasteiger partial charge in [-0.1, -0.05) is 27.7 Å². The molecule has 0 fully saturated rings. The fourth-order valence-corrected chi connectivity index (χ4v) is 3.22. The van der Waals surface area contributed by atoms with Crippen molar-refractivity contribution in [2.45, 2.75) is 53.5 Å². The lowest BCUT2D eigenvalue weighted by Crippen LogP contribution is -2.48. The summed E-state index contributed by atoms with van der Waals surface area (Å²) in [5.74, 6) is -1.08. The first kappa shape index (κ1) is 26.8. The summed E-state index contributed by atoms with van der Waals surface area (Å²) in [6, 6.07) is -0.558. The van der Waals surface area contributed by atoms with Crippen molar-refractivity contribution >= 4 is 25.8 Å². The fraction of sp³-hybridized carbons (Fsp3) is 0.824. The van der Waals surface area contributed by atoms with E-state index in [0.29, 0.717) is 18.8 Å². The Bertz CT molecular complexity index is 464. The summed E-state index contributed by atoms with van der Waals surface area (Å²) >= 11 is 0. The molecule has 0 bridgehead atoms. The topological polar surface area (TPSA) is 122 Å². The molecule has 0 heterocycles. The van der Waals surface area contributed by atoms with Crippen LogP contribution < -0.4 is 10.6 Å². The lowest BCUT2D eigenvalue weighted by Gasteiger charge is -2.23. The average molecular weight is 394 g/mol. The molecule has 0 aliphatic heterocycles. The van der Waals surface area contributed by atoms with Crippen molar-refractivity contribution in [3.05, 3.63) is 0 Å². The Morgan fingerprint density at radius 3 is 1.85 bits per heavy atom. The number of nitrogens with one attached hydrogen (secondary N) is 2. The number of carboxylic acid groups (broad SMARTS) is 1. The smallest absolute Gasteiger partial charge is 0.300 e. The van der Waals surface area contributed by atoms with E-state index in [1.807, 2.05) is 27.7 Å². The van der Waals surface area contributed by atoms with Crippen molar-refractivity contribution < 1.29 is 28.6 Å².